The Morgan fingerprint density at radius 2 is 1.78 bits per heavy atom. The molecule has 0 radical (unpaired) electrons. The average molecular weight is 315 g/mol. The molecule has 2 aliphatic rings. The molecule has 3 rings (SSSR count). The number of amides is 1. The molecule has 1 N–H and O–H groups in total. The van der Waals surface area contributed by atoms with Crippen LogP contribution < -0.4 is 5.32 Å². The Morgan fingerprint density at radius 1 is 1.09 bits per heavy atom. The summed E-state index contributed by atoms with van der Waals surface area (Å²) >= 11 is 0. The largest absolute Gasteiger partial charge is 0.352 e. The first-order valence-electron chi connectivity index (χ1n) is 8.20. The van der Waals surface area contributed by atoms with E-state index < -0.39 is 0 Å². The second-order valence-corrected chi connectivity index (χ2v) is 6.27. The molecule has 0 unspecified atom stereocenters. The van der Waals surface area contributed by atoms with E-state index in [-0.39, 0.29) is 5.91 Å². The van der Waals surface area contributed by atoms with Crippen LogP contribution in [0.1, 0.15) is 15.9 Å². The Kier molecular flexibility index (Phi) is 4.81. The van der Waals surface area contributed by atoms with Gasteiger partial charge in [0.2, 0.25) is 0 Å². The van der Waals surface area contributed by atoms with Crippen molar-refractivity contribution in [2.45, 2.75) is 6.54 Å². The molecule has 23 heavy (non-hydrogen) atoms. The second kappa shape index (κ2) is 7.00. The number of benzene rings is 1. The number of rotatable bonds is 3. The summed E-state index contributed by atoms with van der Waals surface area (Å²) in [6, 6.07) is 7.90. The Hall–Kier alpha value is -2.08. The molecule has 0 spiro atoms. The fourth-order valence-corrected chi connectivity index (χ4v) is 2.86. The number of carbonyl (C=O) groups is 1. The van der Waals surface area contributed by atoms with Crippen molar-refractivity contribution in [3.8, 4) is 0 Å². The summed E-state index contributed by atoms with van der Waals surface area (Å²) in [5.41, 5.74) is 1.93. The monoisotopic (exact) mass is 315 g/mol. The van der Waals surface area contributed by atoms with Gasteiger partial charge in [0.1, 0.15) is 0 Å². The lowest BCUT2D eigenvalue weighted by molar-refractivity contribution is 0.0664. The fourth-order valence-electron chi connectivity index (χ4n) is 2.86. The van der Waals surface area contributed by atoms with Crippen LogP contribution >= 0.6 is 0 Å². The van der Waals surface area contributed by atoms with E-state index in [9.17, 15) is 4.79 Å². The predicted octanol–water partition coefficient (Wildman–Crippen LogP) is 0.465. The van der Waals surface area contributed by atoms with E-state index in [1.165, 1.54) is 0 Å². The SMILES string of the molecule is CN1CCN(C(=O)c2ccc(CNC3=NCCN3C)cc2)CC1. The summed E-state index contributed by atoms with van der Waals surface area (Å²) in [4.78, 5) is 23.2. The van der Waals surface area contributed by atoms with E-state index >= 15 is 0 Å². The minimum Gasteiger partial charge on any atom is -0.352 e. The first kappa shape index (κ1) is 15.8. The Morgan fingerprint density at radius 3 is 2.39 bits per heavy atom. The number of carbonyl (C=O) groups excluding carboxylic acids is 1. The van der Waals surface area contributed by atoms with Gasteiger partial charge in [0.15, 0.2) is 5.96 Å². The smallest absolute Gasteiger partial charge is 0.253 e. The van der Waals surface area contributed by atoms with Crippen molar-refractivity contribution >= 4 is 11.9 Å². The van der Waals surface area contributed by atoms with Crippen molar-refractivity contribution in [2.75, 3.05) is 53.4 Å². The highest BCUT2D eigenvalue weighted by Crippen LogP contribution is 2.10. The molecule has 0 saturated carbocycles. The quantitative estimate of drug-likeness (QED) is 0.881. The molecule has 1 amide bonds. The highest BCUT2D eigenvalue weighted by atomic mass is 16.2. The van der Waals surface area contributed by atoms with Crippen LogP contribution in [0.5, 0.6) is 0 Å². The van der Waals surface area contributed by atoms with Gasteiger partial charge < -0.3 is 20.0 Å². The minimum absolute atomic E-state index is 0.137. The van der Waals surface area contributed by atoms with Gasteiger partial charge in [-0.05, 0) is 24.7 Å². The van der Waals surface area contributed by atoms with E-state index in [4.69, 9.17) is 0 Å². The van der Waals surface area contributed by atoms with Crippen LogP contribution in [-0.2, 0) is 6.54 Å². The van der Waals surface area contributed by atoms with Gasteiger partial charge in [-0.1, -0.05) is 12.1 Å². The third-order valence-corrected chi connectivity index (χ3v) is 4.50. The fraction of sp³-hybridized carbons (Fsp3) is 0.529. The maximum atomic E-state index is 12.5. The Bertz CT molecular complexity index is 575. The normalized spacial score (nSPS) is 19.0. The summed E-state index contributed by atoms with van der Waals surface area (Å²) in [6.45, 7) is 6.08. The summed E-state index contributed by atoms with van der Waals surface area (Å²) in [6.07, 6.45) is 0. The molecule has 1 aromatic carbocycles. The average Bonchev–Trinajstić information content (AvgIpc) is 2.99. The molecule has 0 aliphatic carbocycles. The molecular weight excluding hydrogens is 290 g/mol. The molecule has 1 saturated heterocycles. The number of nitrogens with one attached hydrogen (secondary N) is 1. The first-order valence-corrected chi connectivity index (χ1v) is 8.20. The van der Waals surface area contributed by atoms with Gasteiger partial charge in [-0.15, -0.1) is 0 Å². The van der Waals surface area contributed by atoms with Crippen molar-refractivity contribution in [3.63, 3.8) is 0 Å². The van der Waals surface area contributed by atoms with Crippen LogP contribution in [0.25, 0.3) is 0 Å². The van der Waals surface area contributed by atoms with E-state index in [0.29, 0.717) is 0 Å². The van der Waals surface area contributed by atoms with Gasteiger partial charge in [-0.25, -0.2) is 0 Å². The van der Waals surface area contributed by atoms with Crippen molar-refractivity contribution < 1.29 is 4.79 Å². The summed E-state index contributed by atoms with van der Waals surface area (Å²) in [5, 5.41) is 3.34. The first-order chi connectivity index (χ1) is 11.1. The van der Waals surface area contributed by atoms with Crippen molar-refractivity contribution in [3.05, 3.63) is 35.4 Å². The molecular formula is C17H25N5O. The standard InChI is InChI=1S/C17H25N5O/c1-20-9-11-22(12-10-20)16(23)15-5-3-14(4-6-15)13-19-17-18-7-8-21(17)2/h3-6H,7-13H2,1-2H3,(H,18,19). The van der Waals surface area contributed by atoms with Gasteiger partial charge in [0.05, 0.1) is 6.54 Å². The van der Waals surface area contributed by atoms with Gasteiger partial charge in [0, 0.05) is 51.9 Å². The van der Waals surface area contributed by atoms with Crippen LogP contribution in [-0.4, -0.2) is 79.9 Å². The van der Waals surface area contributed by atoms with E-state index in [1.807, 2.05) is 36.2 Å². The zero-order valence-corrected chi connectivity index (χ0v) is 14.0. The van der Waals surface area contributed by atoms with Crippen LogP contribution in [0.3, 0.4) is 0 Å². The van der Waals surface area contributed by atoms with Crippen molar-refractivity contribution in [2.24, 2.45) is 4.99 Å². The lowest BCUT2D eigenvalue weighted by Gasteiger charge is -2.32. The number of piperazine rings is 1. The Labute approximate surface area is 137 Å². The minimum atomic E-state index is 0.137. The summed E-state index contributed by atoms with van der Waals surface area (Å²) < 4.78 is 0. The van der Waals surface area contributed by atoms with Gasteiger partial charge >= 0.3 is 0 Å². The molecule has 1 fully saturated rings. The second-order valence-electron chi connectivity index (χ2n) is 6.27. The molecule has 6 nitrogen and oxygen atoms in total. The van der Waals surface area contributed by atoms with Gasteiger partial charge in [0.25, 0.3) is 5.91 Å². The third-order valence-electron chi connectivity index (χ3n) is 4.50. The van der Waals surface area contributed by atoms with E-state index in [1.54, 1.807) is 0 Å². The third kappa shape index (κ3) is 3.82. The molecule has 2 aliphatic heterocycles. The highest BCUT2D eigenvalue weighted by Gasteiger charge is 2.20. The van der Waals surface area contributed by atoms with Crippen LogP contribution in [0.4, 0.5) is 0 Å². The molecule has 0 bridgehead atoms. The Balaban J connectivity index is 1.55. The molecule has 0 atom stereocenters. The van der Waals surface area contributed by atoms with Gasteiger partial charge in [-0.2, -0.15) is 0 Å². The zero-order chi connectivity index (χ0) is 16.2. The highest BCUT2D eigenvalue weighted by molar-refractivity contribution is 5.94. The molecule has 2 heterocycles. The van der Waals surface area contributed by atoms with Crippen LogP contribution in [0, 0.1) is 0 Å². The lowest BCUT2D eigenvalue weighted by Crippen LogP contribution is -2.47. The predicted molar refractivity (Wildman–Crippen MR) is 91.6 cm³/mol. The number of hydrogen-bond donors (Lipinski definition) is 1. The van der Waals surface area contributed by atoms with Crippen LogP contribution in [0.2, 0.25) is 0 Å². The van der Waals surface area contributed by atoms with Crippen molar-refractivity contribution in [1.29, 1.82) is 0 Å². The number of hydrogen-bond acceptors (Lipinski definition) is 5. The van der Waals surface area contributed by atoms with E-state index in [2.05, 4.69) is 27.2 Å². The van der Waals surface area contributed by atoms with Crippen LogP contribution in [0.15, 0.2) is 29.3 Å². The molecule has 6 heteroatoms. The topological polar surface area (TPSA) is 51.2 Å². The van der Waals surface area contributed by atoms with E-state index in [0.717, 1.165) is 62.9 Å². The lowest BCUT2D eigenvalue weighted by atomic mass is 10.1. The number of likely N-dealkylation sites (N-methyl/N-ethyl adjacent to an activating group) is 2. The maximum absolute atomic E-state index is 12.5. The summed E-state index contributed by atoms with van der Waals surface area (Å²) in [5.74, 6) is 1.08. The summed E-state index contributed by atoms with van der Waals surface area (Å²) in [7, 11) is 4.13. The number of guanidine groups is 1. The number of nitrogens with zero attached hydrogens (tertiary/aromatic N) is 4. The number of aliphatic imine (C=N–C) groups is 1. The molecule has 124 valence electrons. The molecule has 0 aromatic heterocycles. The van der Waals surface area contributed by atoms with Gasteiger partial charge in [-0.3, -0.25) is 9.79 Å². The van der Waals surface area contributed by atoms with Crippen molar-refractivity contribution in [1.82, 2.24) is 20.0 Å². The maximum Gasteiger partial charge on any atom is 0.253 e. The zero-order valence-electron chi connectivity index (χ0n) is 14.0. The molecule has 1 aromatic rings.